The maximum absolute atomic E-state index is 11.6. The van der Waals surface area contributed by atoms with Crippen LogP contribution in [0.3, 0.4) is 0 Å². The first kappa shape index (κ1) is 16.6. The van der Waals surface area contributed by atoms with Crippen LogP contribution in [-0.2, 0) is 9.59 Å². The van der Waals surface area contributed by atoms with E-state index >= 15 is 0 Å². The van der Waals surface area contributed by atoms with Crippen LogP contribution >= 0.6 is 23.2 Å². The number of benzene rings is 1. The van der Waals surface area contributed by atoms with Crippen LogP contribution in [0.4, 0.5) is 0 Å². The number of carbonyl (C=O) groups excluding carboxylic acids is 1. The number of carboxylic acids is 1. The van der Waals surface area contributed by atoms with Gasteiger partial charge in [-0.1, -0.05) is 36.5 Å². The molecular formula is C13H15Cl2NO4. The minimum Gasteiger partial charge on any atom is -0.482 e. The maximum atomic E-state index is 11.6. The topological polar surface area (TPSA) is 75.6 Å². The molecule has 1 unspecified atom stereocenters. The highest BCUT2D eigenvalue weighted by atomic mass is 35.5. The Morgan fingerprint density at radius 3 is 2.70 bits per heavy atom. The number of carboxylic acid groups (broad SMARTS) is 1. The molecule has 0 spiro atoms. The van der Waals surface area contributed by atoms with Gasteiger partial charge in [-0.15, -0.1) is 0 Å². The Kier molecular flexibility index (Phi) is 6.61. The molecule has 5 nitrogen and oxygen atoms in total. The molecule has 2 N–H and O–H groups in total. The average molecular weight is 320 g/mol. The van der Waals surface area contributed by atoms with E-state index in [2.05, 4.69) is 5.32 Å². The van der Waals surface area contributed by atoms with E-state index in [0.717, 1.165) is 0 Å². The van der Waals surface area contributed by atoms with Gasteiger partial charge in [0.25, 0.3) is 5.91 Å². The normalized spacial score (nSPS) is 11.8. The molecule has 0 aliphatic carbocycles. The molecule has 0 aliphatic rings. The number of amides is 1. The first-order valence-electron chi connectivity index (χ1n) is 6.04. The Labute approximate surface area is 126 Å². The van der Waals surface area contributed by atoms with Gasteiger partial charge in [0, 0.05) is 11.1 Å². The zero-order valence-corrected chi connectivity index (χ0v) is 12.4. The highest BCUT2D eigenvalue weighted by Crippen LogP contribution is 2.27. The van der Waals surface area contributed by atoms with Crippen molar-refractivity contribution < 1.29 is 19.4 Å². The molecule has 0 aliphatic heterocycles. The summed E-state index contributed by atoms with van der Waals surface area (Å²) in [4.78, 5) is 22.5. The smallest absolute Gasteiger partial charge is 0.326 e. The second kappa shape index (κ2) is 7.97. The minimum absolute atomic E-state index is 0.275. The Bertz CT molecular complexity index is 493. The summed E-state index contributed by atoms with van der Waals surface area (Å²) in [6, 6.07) is 3.72. The van der Waals surface area contributed by atoms with E-state index < -0.39 is 17.9 Å². The maximum Gasteiger partial charge on any atom is 0.326 e. The van der Waals surface area contributed by atoms with Crippen LogP contribution in [0.1, 0.15) is 19.8 Å². The first-order valence-corrected chi connectivity index (χ1v) is 6.79. The van der Waals surface area contributed by atoms with Crippen LogP contribution in [0.2, 0.25) is 10.0 Å². The summed E-state index contributed by atoms with van der Waals surface area (Å²) >= 11 is 11.7. The molecule has 0 heterocycles. The summed E-state index contributed by atoms with van der Waals surface area (Å²) in [5.74, 6) is -1.32. The van der Waals surface area contributed by atoms with Crippen molar-refractivity contribution in [2.45, 2.75) is 25.8 Å². The molecule has 0 saturated carbocycles. The van der Waals surface area contributed by atoms with Crippen molar-refractivity contribution in [1.82, 2.24) is 5.32 Å². The molecule has 20 heavy (non-hydrogen) atoms. The van der Waals surface area contributed by atoms with E-state index in [9.17, 15) is 9.59 Å². The van der Waals surface area contributed by atoms with E-state index in [1.54, 1.807) is 12.1 Å². The molecule has 0 saturated heterocycles. The van der Waals surface area contributed by atoms with Crippen LogP contribution in [0, 0.1) is 0 Å². The Morgan fingerprint density at radius 2 is 2.10 bits per heavy atom. The second-order valence-electron chi connectivity index (χ2n) is 4.11. The van der Waals surface area contributed by atoms with Gasteiger partial charge >= 0.3 is 5.97 Å². The molecule has 7 heteroatoms. The van der Waals surface area contributed by atoms with Gasteiger partial charge in [0.2, 0.25) is 0 Å². The van der Waals surface area contributed by atoms with Gasteiger partial charge in [0.15, 0.2) is 6.61 Å². The van der Waals surface area contributed by atoms with Crippen molar-refractivity contribution in [3.05, 3.63) is 28.2 Å². The predicted octanol–water partition coefficient (Wildman–Crippen LogP) is 2.74. The molecule has 0 fully saturated rings. The molecular weight excluding hydrogens is 305 g/mol. The summed E-state index contributed by atoms with van der Waals surface area (Å²) in [6.07, 6.45) is 1.01. The van der Waals surface area contributed by atoms with Crippen LogP contribution in [0.25, 0.3) is 0 Å². The van der Waals surface area contributed by atoms with Gasteiger partial charge < -0.3 is 15.2 Å². The van der Waals surface area contributed by atoms with Crippen molar-refractivity contribution in [1.29, 1.82) is 0 Å². The summed E-state index contributed by atoms with van der Waals surface area (Å²) in [7, 11) is 0. The lowest BCUT2D eigenvalue weighted by molar-refractivity contribution is -0.142. The fourth-order valence-electron chi connectivity index (χ4n) is 1.51. The number of halogens is 2. The van der Waals surface area contributed by atoms with Gasteiger partial charge in [0.1, 0.15) is 11.8 Å². The van der Waals surface area contributed by atoms with Gasteiger partial charge in [-0.25, -0.2) is 4.79 Å². The molecule has 1 aromatic rings. The monoisotopic (exact) mass is 319 g/mol. The zero-order chi connectivity index (χ0) is 15.1. The molecule has 1 atom stereocenters. The largest absolute Gasteiger partial charge is 0.482 e. The second-order valence-corrected chi connectivity index (χ2v) is 4.95. The summed E-state index contributed by atoms with van der Waals surface area (Å²) < 4.78 is 5.22. The first-order chi connectivity index (χ1) is 9.43. The zero-order valence-electron chi connectivity index (χ0n) is 10.9. The predicted molar refractivity (Wildman–Crippen MR) is 76.4 cm³/mol. The van der Waals surface area contributed by atoms with Crippen LogP contribution in [-0.4, -0.2) is 29.6 Å². The standard InChI is InChI=1S/C13H15Cl2NO4/c1-2-3-10(13(18)19)16-12(17)7-20-11-6-8(14)4-5-9(11)15/h4-6,10H,2-3,7H2,1H3,(H,16,17)(H,18,19). The Hall–Kier alpha value is -1.46. The van der Waals surface area contributed by atoms with Gasteiger partial charge in [0.05, 0.1) is 5.02 Å². The number of nitrogens with one attached hydrogen (secondary N) is 1. The van der Waals surface area contributed by atoms with E-state index in [1.165, 1.54) is 6.07 Å². The Morgan fingerprint density at radius 1 is 1.40 bits per heavy atom. The van der Waals surface area contributed by atoms with Crippen LogP contribution in [0.15, 0.2) is 18.2 Å². The van der Waals surface area contributed by atoms with Crippen molar-refractivity contribution in [2.75, 3.05) is 6.61 Å². The van der Waals surface area contributed by atoms with E-state index in [0.29, 0.717) is 22.9 Å². The van der Waals surface area contributed by atoms with Gasteiger partial charge in [-0.05, 0) is 18.6 Å². The number of hydrogen-bond acceptors (Lipinski definition) is 3. The number of carbonyl (C=O) groups is 2. The number of ether oxygens (including phenoxy) is 1. The van der Waals surface area contributed by atoms with E-state index in [4.69, 9.17) is 33.0 Å². The lowest BCUT2D eigenvalue weighted by Crippen LogP contribution is -2.42. The molecule has 1 rings (SSSR count). The summed E-state index contributed by atoms with van der Waals surface area (Å²) in [5, 5.41) is 12.1. The molecule has 1 aromatic carbocycles. The molecule has 1 amide bonds. The lowest BCUT2D eigenvalue weighted by Gasteiger charge is -2.14. The van der Waals surface area contributed by atoms with Crippen molar-refractivity contribution >= 4 is 35.1 Å². The van der Waals surface area contributed by atoms with Crippen molar-refractivity contribution in [2.24, 2.45) is 0 Å². The van der Waals surface area contributed by atoms with Crippen LogP contribution in [0.5, 0.6) is 5.75 Å². The molecule has 0 radical (unpaired) electrons. The quantitative estimate of drug-likeness (QED) is 0.810. The third kappa shape index (κ3) is 5.27. The third-order valence-electron chi connectivity index (χ3n) is 2.46. The molecule has 0 aromatic heterocycles. The fourth-order valence-corrected chi connectivity index (χ4v) is 1.85. The highest BCUT2D eigenvalue weighted by molar-refractivity contribution is 6.34. The van der Waals surface area contributed by atoms with Gasteiger partial charge in [-0.2, -0.15) is 0 Å². The molecule has 110 valence electrons. The molecule has 0 bridgehead atoms. The van der Waals surface area contributed by atoms with Crippen molar-refractivity contribution in [3.8, 4) is 5.75 Å². The number of rotatable bonds is 7. The lowest BCUT2D eigenvalue weighted by atomic mass is 10.2. The average Bonchev–Trinajstić information content (AvgIpc) is 2.39. The fraction of sp³-hybridized carbons (Fsp3) is 0.385. The SMILES string of the molecule is CCCC(NC(=O)COc1cc(Cl)ccc1Cl)C(=O)O. The van der Waals surface area contributed by atoms with Crippen LogP contribution < -0.4 is 10.1 Å². The van der Waals surface area contributed by atoms with Crippen molar-refractivity contribution in [3.63, 3.8) is 0 Å². The Balaban J connectivity index is 2.54. The minimum atomic E-state index is -1.07. The number of hydrogen-bond donors (Lipinski definition) is 2. The third-order valence-corrected chi connectivity index (χ3v) is 3.01. The van der Waals surface area contributed by atoms with Gasteiger partial charge in [-0.3, -0.25) is 4.79 Å². The number of aliphatic carboxylic acids is 1. The summed E-state index contributed by atoms with van der Waals surface area (Å²) in [6.45, 7) is 1.51. The van der Waals surface area contributed by atoms with E-state index in [-0.39, 0.29) is 12.4 Å². The van der Waals surface area contributed by atoms with E-state index in [1.807, 2.05) is 6.92 Å². The highest BCUT2D eigenvalue weighted by Gasteiger charge is 2.19. The summed E-state index contributed by atoms with van der Waals surface area (Å²) in [5.41, 5.74) is 0.